The van der Waals surface area contributed by atoms with Crippen molar-refractivity contribution in [1.29, 1.82) is 0 Å². The number of ether oxygens (including phenoxy) is 3. The van der Waals surface area contributed by atoms with Crippen molar-refractivity contribution in [2.24, 2.45) is 0 Å². The van der Waals surface area contributed by atoms with E-state index in [0.29, 0.717) is 45.4 Å². The van der Waals surface area contributed by atoms with Crippen LogP contribution < -0.4 is 15.7 Å². The van der Waals surface area contributed by atoms with Gasteiger partial charge in [0.05, 0.1) is 32.1 Å². The van der Waals surface area contributed by atoms with Gasteiger partial charge in [0, 0.05) is 37.3 Å². The number of aromatic nitrogens is 2. The van der Waals surface area contributed by atoms with Gasteiger partial charge in [-0.3, -0.25) is 4.57 Å². The molecule has 1 atom stereocenters. The van der Waals surface area contributed by atoms with E-state index < -0.39 is 0 Å². The molecule has 2 aliphatic heterocycles. The van der Waals surface area contributed by atoms with Crippen molar-refractivity contribution in [3.05, 3.63) is 58.2 Å². The zero-order valence-corrected chi connectivity index (χ0v) is 19.2. The van der Waals surface area contributed by atoms with E-state index in [1.165, 1.54) is 5.56 Å². The van der Waals surface area contributed by atoms with Crippen LogP contribution in [0.3, 0.4) is 0 Å². The van der Waals surface area contributed by atoms with Gasteiger partial charge < -0.3 is 24.4 Å². The summed E-state index contributed by atoms with van der Waals surface area (Å²) in [6.45, 7) is 4.01. The molecule has 0 aliphatic carbocycles. The fourth-order valence-corrected chi connectivity index (χ4v) is 3.84. The average molecular weight is 451 g/mol. The number of nitrogens with one attached hydrogen (secondary N) is 1. The molecule has 0 saturated carbocycles. The highest BCUT2D eigenvalue weighted by atomic mass is 16.6. The van der Waals surface area contributed by atoms with Crippen molar-refractivity contribution in [2.75, 3.05) is 53.6 Å². The van der Waals surface area contributed by atoms with Crippen LogP contribution in [0, 0.1) is 11.8 Å². The van der Waals surface area contributed by atoms with Crippen molar-refractivity contribution in [2.45, 2.75) is 19.1 Å². The Morgan fingerprint density at radius 3 is 3.09 bits per heavy atom. The van der Waals surface area contributed by atoms with Gasteiger partial charge in [0.1, 0.15) is 12.7 Å². The maximum atomic E-state index is 12.6. The second-order valence-corrected chi connectivity index (χ2v) is 8.07. The minimum atomic E-state index is -0.299. The van der Waals surface area contributed by atoms with Gasteiger partial charge in [0.2, 0.25) is 5.88 Å². The Balaban J connectivity index is 1.47. The van der Waals surface area contributed by atoms with Gasteiger partial charge in [0.25, 0.3) is 0 Å². The van der Waals surface area contributed by atoms with E-state index in [0.717, 1.165) is 29.8 Å². The van der Waals surface area contributed by atoms with Crippen molar-refractivity contribution >= 4 is 0 Å². The molecule has 1 unspecified atom stereocenters. The highest BCUT2D eigenvalue weighted by molar-refractivity contribution is 5.67. The molecule has 1 N–H and O–H groups in total. The van der Waals surface area contributed by atoms with E-state index in [1.807, 2.05) is 43.4 Å². The standard InChI is InChI=1S/C25H30N4O4/c1-26-9-4-11-28(2)10-3-5-19-6-7-22-20(15-19)8-12-29-23(22)16-24(27-25(29)30)33-18-21-17-31-13-14-32-21/h4,6-7,11,15-16,21,26H,8-10,12-14,17-18H2,1-2H3/b11-4-. The first kappa shape index (κ1) is 23.1. The first-order chi connectivity index (χ1) is 16.1. The lowest BCUT2D eigenvalue weighted by atomic mass is 9.95. The molecule has 8 nitrogen and oxygen atoms in total. The zero-order valence-electron chi connectivity index (χ0n) is 19.2. The van der Waals surface area contributed by atoms with Crippen molar-refractivity contribution < 1.29 is 14.2 Å². The van der Waals surface area contributed by atoms with Crippen LogP contribution in [0.5, 0.6) is 5.88 Å². The third-order valence-electron chi connectivity index (χ3n) is 5.52. The lowest BCUT2D eigenvalue weighted by molar-refractivity contribution is -0.102. The van der Waals surface area contributed by atoms with Crippen LogP contribution in [0.15, 0.2) is 41.3 Å². The van der Waals surface area contributed by atoms with E-state index in [4.69, 9.17) is 14.2 Å². The summed E-state index contributed by atoms with van der Waals surface area (Å²) in [5, 5.41) is 3.08. The molecule has 0 amide bonds. The Morgan fingerprint density at radius 1 is 1.36 bits per heavy atom. The fraction of sp³-hybridized carbons (Fsp3) is 0.440. The van der Waals surface area contributed by atoms with E-state index in [-0.39, 0.29) is 11.8 Å². The third kappa shape index (κ3) is 6.02. The van der Waals surface area contributed by atoms with Crippen LogP contribution in [-0.2, 0) is 22.4 Å². The molecule has 2 aromatic rings. The van der Waals surface area contributed by atoms with Gasteiger partial charge in [-0.15, -0.1) is 0 Å². The van der Waals surface area contributed by atoms with Gasteiger partial charge in [-0.2, -0.15) is 4.98 Å². The summed E-state index contributed by atoms with van der Waals surface area (Å²) < 4.78 is 18.5. The van der Waals surface area contributed by atoms with Crippen LogP contribution in [0.25, 0.3) is 11.3 Å². The molecular formula is C25H30N4O4. The van der Waals surface area contributed by atoms with E-state index in [2.05, 4.69) is 34.3 Å². The first-order valence-electron chi connectivity index (χ1n) is 11.2. The minimum Gasteiger partial charge on any atom is -0.475 e. The van der Waals surface area contributed by atoms with E-state index in [9.17, 15) is 4.79 Å². The molecule has 33 heavy (non-hydrogen) atoms. The Labute approximate surface area is 194 Å². The number of fused-ring (bicyclic) bond motifs is 3. The van der Waals surface area contributed by atoms with Gasteiger partial charge in [-0.25, -0.2) is 4.79 Å². The lowest BCUT2D eigenvalue weighted by Crippen LogP contribution is -2.34. The quantitative estimate of drug-likeness (QED) is 0.637. The van der Waals surface area contributed by atoms with Crippen molar-refractivity contribution in [3.63, 3.8) is 0 Å². The average Bonchev–Trinajstić information content (AvgIpc) is 2.83. The molecule has 0 radical (unpaired) electrons. The SMILES string of the molecule is CNC/C=C\N(C)CC#Cc1ccc2c(c1)CCn1c-2cc(OCC2COCCO2)nc1=O. The molecule has 0 bridgehead atoms. The van der Waals surface area contributed by atoms with Crippen LogP contribution in [0.1, 0.15) is 11.1 Å². The monoisotopic (exact) mass is 450 g/mol. The molecule has 1 aromatic heterocycles. The molecule has 1 saturated heterocycles. The van der Waals surface area contributed by atoms with Crippen LogP contribution in [-0.4, -0.2) is 74.2 Å². The number of hydrogen-bond donors (Lipinski definition) is 1. The lowest BCUT2D eigenvalue weighted by Gasteiger charge is -2.24. The molecule has 2 aliphatic rings. The van der Waals surface area contributed by atoms with Crippen LogP contribution >= 0.6 is 0 Å². The second-order valence-electron chi connectivity index (χ2n) is 8.07. The maximum Gasteiger partial charge on any atom is 0.351 e. The fourth-order valence-electron chi connectivity index (χ4n) is 3.84. The number of benzene rings is 1. The van der Waals surface area contributed by atoms with Gasteiger partial charge in [-0.05, 0) is 37.4 Å². The highest BCUT2D eigenvalue weighted by Gasteiger charge is 2.20. The summed E-state index contributed by atoms with van der Waals surface area (Å²) in [5.41, 5.74) is 3.68. The van der Waals surface area contributed by atoms with Gasteiger partial charge in [0.15, 0.2) is 0 Å². The van der Waals surface area contributed by atoms with E-state index >= 15 is 0 Å². The Hall–Kier alpha value is -3.12. The maximum absolute atomic E-state index is 12.6. The van der Waals surface area contributed by atoms with Crippen molar-refractivity contribution in [3.8, 4) is 29.0 Å². The summed E-state index contributed by atoms with van der Waals surface area (Å²) in [6, 6.07) is 7.97. The van der Waals surface area contributed by atoms with E-state index in [1.54, 1.807) is 4.57 Å². The zero-order chi connectivity index (χ0) is 23.0. The summed E-state index contributed by atoms with van der Waals surface area (Å²) in [4.78, 5) is 18.7. The molecule has 1 aromatic carbocycles. The van der Waals surface area contributed by atoms with Gasteiger partial charge >= 0.3 is 5.69 Å². The Kier molecular flexibility index (Phi) is 7.79. The number of rotatable bonds is 7. The number of likely N-dealkylation sites (N-methyl/N-ethyl adjacent to an activating group) is 1. The molecule has 3 heterocycles. The molecule has 0 spiro atoms. The topological polar surface area (TPSA) is 77.8 Å². The largest absolute Gasteiger partial charge is 0.475 e. The summed E-state index contributed by atoms with van der Waals surface area (Å²) in [7, 11) is 3.92. The minimum absolute atomic E-state index is 0.148. The highest BCUT2D eigenvalue weighted by Crippen LogP contribution is 2.30. The molecule has 4 rings (SSSR count). The summed E-state index contributed by atoms with van der Waals surface area (Å²) in [5.74, 6) is 6.78. The first-order valence-corrected chi connectivity index (χ1v) is 11.2. The Bertz CT molecular complexity index is 1110. The van der Waals surface area contributed by atoms with Gasteiger partial charge in [-0.1, -0.05) is 24.0 Å². The normalized spacial score (nSPS) is 17.1. The number of aryl methyl sites for hydroxylation is 1. The molecule has 1 fully saturated rings. The molecule has 174 valence electrons. The Morgan fingerprint density at radius 2 is 2.27 bits per heavy atom. The predicted molar refractivity (Wildman–Crippen MR) is 126 cm³/mol. The summed E-state index contributed by atoms with van der Waals surface area (Å²) >= 11 is 0. The molecular weight excluding hydrogens is 420 g/mol. The number of nitrogens with zero attached hydrogens (tertiary/aromatic N) is 3. The van der Waals surface area contributed by atoms with Crippen LogP contribution in [0.4, 0.5) is 0 Å². The second kappa shape index (κ2) is 11.1. The summed E-state index contributed by atoms with van der Waals surface area (Å²) in [6.07, 6.45) is 4.70. The van der Waals surface area contributed by atoms with Crippen LogP contribution in [0.2, 0.25) is 0 Å². The molecule has 8 heteroatoms. The predicted octanol–water partition coefficient (Wildman–Crippen LogP) is 1.28. The van der Waals surface area contributed by atoms with Crippen molar-refractivity contribution in [1.82, 2.24) is 19.8 Å². The third-order valence-corrected chi connectivity index (χ3v) is 5.52. The number of hydrogen-bond acceptors (Lipinski definition) is 7. The smallest absolute Gasteiger partial charge is 0.351 e.